The second-order valence-corrected chi connectivity index (χ2v) is 6.08. The second-order valence-electron chi connectivity index (χ2n) is 5.64. The molecule has 1 saturated heterocycles. The van der Waals surface area contributed by atoms with Gasteiger partial charge >= 0.3 is 0 Å². The van der Waals surface area contributed by atoms with Crippen LogP contribution in [0.5, 0.6) is 0 Å². The SMILES string of the molecule is O=C(Nc1cc(Cl)ccc1N1CCCCC1)c1ccccc1F. The largest absolute Gasteiger partial charge is 0.370 e. The highest BCUT2D eigenvalue weighted by atomic mass is 35.5. The maximum Gasteiger partial charge on any atom is 0.258 e. The Labute approximate surface area is 140 Å². The van der Waals surface area contributed by atoms with E-state index >= 15 is 0 Å². The fourth-order valence-corrected chi connectivity index (χ4v) is 3.03. The molecule has 1 fully saturated rings. The van der Waals surface area contributed by atoms with Crippen molar-refractivity contribution in [2.75, 3.05) is 23.3 Å². The number of halogens is 2. The molecule has 0 radical (unpaired) electrons. The topological polar surface area (TPSA) is 32.3 Å². The summed E-state index contributed by atoms with van der Waals surface area (Å²) >= 11 is 6.07. The molecule has 0 spiro atoms. The molecular weight excluding hydrogens is 315 g/mol. The van der Waals surface area contributed by atoms with Crippen LogP contribution in [-0.4, -0.2) is 19.0 Å². The lowest BCUT2D eigenvalue weighted by Gasteiger charge is -2.30. The fraction of sp³-hybridized carbons (Fsp3) is 0.278. The van der Waals surface area contributed by atoms with E-state index in [9.17, 15) is 9.18 Å². The third-order valence-corrected chi connectivity index (χ3v) is 4.26. The smallest absolute Gasteiger partial charge is 0.258 e. The van der Waals surface area contributed by atoms with Crippen molar-refractivity contribution in [3.63, 3.8) is 0 Å². The third-order valence-electron chi connectivity index (χ3n) is 4.02. The Hall–Kier alpha value is -2.07. The Morgan fingerprint density at radius 3 is 2.57 bits per heavy atom. The summed E-state index contributed by atoms with van der Waals surface area (Å²) in [6.45, 7) is 1.90. The average molecular weight is 333 g/mol. The Balaban J connectivity index is 1.88. The zero-order chi connectivity index (χ0) is 16.2. The van der Waals surface area contributed by atoms with Gasteiger partial charge in [0, 0.05) is 18.1 Å². The lowest BCUT2D eigenvalue weighted by molar-refractivity contribution is 0.102. The van der Waals surface area contributed by atoms with Crippen LogP contribution < -0.4 is 10.2 Å². The first kappa shape index (κ1) is 15.8. The number of nitrogens with one attached hydrogen (secondary N) is 1. The normalized spacial score (nSPS) is 14.6. The number of carbonyl (C=O) groups is 1. The van der Waals surface area contributed by atoms with Gasteiger partial charge in [0.1, 0.15) is 5.82 Å². The van der Waals surface area contributed by atoms with Crippen LogP contribution in [0, 0.1) is 5.82 Å². The molecule has 0 unspecified atom stereocenters. The van der Waals surface area contributed by atoms with Gasteiger partial charge in [-0.1, -0.05) is 23.7 Å². The van der Waals surface area contributed by atoms with E-state index in [2.05, 4.69) is 10.2 Å². The quantitative estimate of drug-likeness (QED) is 0.882. The summed E-state index contributed by atoms with van der Waals surface area (Å²) in [7, 11) is 0. The molecule has 3 nitrogen and oxygen atoms in total. The fourth-order valence-electron chi connectivity index (χ4n) is 2.85. The van der Waals surface area contributed by atoms with E-state index in [1.807, 2.05) is 12.1 Å². The van der Waals surface area contributed by atoms with E-state index in [4.69, 9.17) is 11.6 Å². The van der Waals surface area contributed by atoms with E-state index in [0.29, 0.717) is 10.7 Å². The lowest BCUT2D eigenvalue weighted by Crippen LogP contribution is -2.30. The Morgan fingerprint density at radius 2 is 1.83 bits per heavy atom. The molecule has 0 bridgehead atoms. The van der Waals surface area contributed by atoms with Crippen LogP contribution in [0.2, 0.25) is 5.02 Å². The Kier molecular flexibility index (Phi) is 4.82. The van der Waals surface area contributed by atoms with E-state index in [-0.39, 0.29) is 5.56 Å². The molecule has 1 aliphatic rings. The molecule has 5 heteroatoms. The zero-order valence-electron chi connectivity index (χ0n) is 12.7. The highest BCUT2D eigenvalue weighted by Gasteiger charge is 2.18. The first-order chi connectivity index (χ1) is 11.1. The summed E-state index contributed by atoms with van der Waals surface area (Å²) in [6.07, 6.45) is 3.48. The van der Waals surface area contributed by atoms with E-state index < -0.39 is 11.7 Å². The van der Waals surface area contributed by atoms with Gasteiger partial charge in [-0.15, -0.1) is 0 Å². The van der Waals surface area contributed by atoms with Crippen molar-refractivity contribution in [2.24, 2.45) is 0 Å². The minimum absolute atomic E-state index is 0.0251. The van der Waals surface area contributed by atoms with Crippen molar-refractivity contribution in [1.29, 1.82) is 0 Å². The number of carbonyl (C=O) groups excluding carboxylic acids is 1. The number of nitrogens with zero attached hydrogens (tertiary/aromatic N) is 1. The standard InChI is InChI=1S/C18H18ClFN2O/c19-13-8-9-17(22-10-4-1-5-11-22)16(12-13)21-18(23)14-6-2-3-7-15(14)20/h2-3,6-9,12H,1,4-5,10-11H2,(H,21,23). The van der Waals surface area contributed by atoms with Gasteiger partial charge in [-0.05, 0) is 49.6 Å². The highest BCUT2D eigenvalue weighted by molar-refractivity contribution is 6.31. The minimum atomic E-state index is -0.536. The third kappa shape index (κ3) is 3.64. The molecular formula is C18H18ClFN2O. The minimum Gasteiger partial charge on any atom is -0.370 e. The van der Waals surface area contributed by atoms with Crippen molar-refractivity contribution in [2.45, 2.75) is 19.3 Å². The molecule has 1 N–H and O–H groups in total. The number of amides is 1. The summed E-state index contributed by atoms with van der Waals surface area (Å²) in [4.78, 5) is 14.6. The van der Waals surface area contributed by atoms with Crippen molar-refractivity contribution >= 4 is 28.9 Å². The monoisotopic (exact) mass is 332 g/mol. The number of piperidine rings is 1. The summed E-state index contributed by atoms with van der Waals surface area (Å²) in [6, 6.07) is 11.4. The van der Waals surface area contributed by atoms with Crippen molar-refractivity contribution < 1.29 is 9.18 Å². The maximum absolute atomic E-state index is 13.8. The van der Waals surface area contributed by atoms with Crippen LogP contribution in [0.1, 0.15) is 29.6 Å². The van der Waals surface area contributed by atoms with Gasteiger partial charge in [-0.3, -0.25) is 4.79 Å². The summed E-state index contributed by atoms with van der Waals surface area (Å²) in [5.74, 6) is -1.00. The first-order valence-corrected chi connectivity index (χ1v) is 8.13. The van der Waals surface area contributed by atoms with Gasteiger partial charge in [0.15, 0.2) is 0 Å². The molecule has 1 amide bonds. The molecule has 0 aromatic heterocycles. The zero-order valence-corrected chi connectivity index (χ0v) is 13.4. The number of anilines is 2. The van der Waals surface area contributed by atoms with Crippen molar-refractivity contribution in [1.82, 2.24) is 0 Å². The molecule has 2 aromatic rings. The molecule has 0 saturated carbocycles. The van der Waals surface area contributed by atoms with Crippen molar-refractivity contribution in [3.05, 3.63) is 58.9 Å². The summed E-state index contributed by atoms with van der Waals surface area (Å²) in [5, 5.41) is 3.34. The summed E-state index contributed by atoms with van der Waals surface area (Å²) < 4.78 is 13.8. The van der Waals surface area contributed by atoms with E-state index in [1.54, 1.807) is 18.2 Å². The van der Waals surface area contributed by atoms with Gasteiger partial charge in [0.2, 0.25) is 0 Å². The Bertz CT molecular complexity index is 714. The van der Waals surface area contributed by atoms with Crippen LogP contribution in [-0.2, 0) is 0 Å². The molecule has 120 valence electrons. The molecule has 1 heterocycles. The van der Waals surface area contributed by atoms with Crippen LogP contribution in [0.3, 0.4) is 0 Å². The predicted octanol–water partition coefficient (Wildman–Crippen LogP) is 4.72. The van der Waals surface area contributed by atoms with Crippen LogP contribution in [0.15, 0.2) is 42.5 Å². The van der Waals surface area contributed by atoms with Crippen LogP contribution in [0.25, 0.3) is 0 Å². The highest BCUT2D eigenvalue weighted by Crippen LogP contribution is 2.31. The van der Waals surface area contributed by atoms with Gasteiger partial charge in [0.25, 0.3) is 5.91 Å². The number of hydrogen-bond donors (Lipinski definition) is 1. The van der Waals surface area contributed by atoms with Crippen LogP contribution >= 0.6 is 11.6 Å². The molecule has 2 aromatic carbocycles. The molecule has 23 heavy (non-hydrogen) atoms. The predicted molar refractivity (Wildman–Crippen MR) is 91.9 cm³/mol. The Morgan fingerprint density at radius 1 is 1.09 bits per heavy atom. The molecule has 3 rings (SSSR count). The van der Waals surface area contributed by atoms with Gasteiger partial charge in [-0.2, -0.15) is 0 Å². The number of rotatable bonds is 3. The van der Waals surface area contributed by atoms with Gasteiger partial charge in [-0.25, -0.2) is 4.39 Å². The molecule has 0 aliphatic carbocycles. The second kappa shape index (κ2) is 7.01. The molecule has 1 aliphatic heterocycles. The first-order valence-electron chi connectivity index (χ1n) is 7.75. The van der Waals surface area contributed by atoms with E-state index in [1.165, 1.54) is 18.6 Å². The maximum atomic E-state index is 13.8. The van der Waals surface area contributed by atoms with E-state index in [0.717, 1.165) is 31.6 Å². The van der Waals surface area contributed by atoms with Crippen LogP contribution in [0.4, 0.5) is 15.8 Å². The van der Waals surface area contributed by atoms with Crippen molar-refractivity contribution in [3.8, 4) is 0 Å². The summed E-state index contributed by atoms with van der Waals surface area (Å²) in [5.41, 5.74) is 1.57. The lowest BCUT2D eigenvalue weighted by atomic mass is 10.1. The number of benzene rings is 2. The molecule has 0 atom stereocenters. The van der Waals surface area contributed by atoms with Gasteiger partial charge < -0.3 is 10.2 Å². The number of hydrogen-bond acceptors (Lipinski definition) is 2. The average Bonchev–Trinajstić information content (AvgIpc) is 2.56. The van der Waals surface area contributed by atoms with Gasteiger partial charge in [0.05, 0.1) is 16.9 Å².